The first kappa shape index (κ1) is 25.2. The molecule has 4 rings (SSSR count). The van der Waals surface area contributed by atoms with Crippen LogP contribution in [0.3, 0.4) is 0 Å². The Kier molecular flexibility index (Phi) is 8.12. The summed E-state index contributed by atoms with van der Waals surface area (Å²) in [6.07, 6.45) is 0. The lowest BCUT2D eigenvalue weighted by molar-refractivity contribution is -0.117. The molecule has 1 fully saturated rings. The molecule has 1 aliphatic rings. The van der Waals surface area contributed by atoms with E-state index < -0.39 is 5.97 Å². The topological polar surface area (TPSA) is 61.9 Å². The van der Waals surface area contributed by atoms with E-state index >= 15 is 0 Å². The highest BCUT2D eigenvalue weighted by molar-refractivity contribution is 7.15. The van der Waals surface area contributed by atoms with Crippen molar-refractivity contribution in [3.63, 3.8) is 0 Å². The first-order valence-electron chi connectivity index (χ1n) is 11.0. The Morgan fingerprint density at radius 3 is 2.34 bits per heavy atom. The van der Waals surface area contributed by atoms with Gasteiger partial charge in [0.05, 0.1) is 13.7 Å². The van der Waals surface area contributed by atoms with Crippen LogP contribution in [0, 0.1) is 11.6 Å². The predicted molar refractivity (Wildman–Crippen MR) is 133 cm³/mol. The lowest BCUT2D eigenvalue weighted by Crippen LogP contribution is -2.48. The van der Waals surface area contributed by atoms with Gasteiger partial charge in [-0.3, -0.25) is 14.6 Å². The van der Waals surface area contributed by atoms with E-state index in [9.17, 15) is 18.4 Å². The average molecular weight is 520 g/mol. The zero-order valence-electron chi connectivity index (χ0n) is 19.0. The summed E-state index contributed by atoms with van der Waals surface area (Å²) in [6, 6.07) is 10.2. The van der Waals surface area contributed by atoms with Crippen LogP contribution in [0.2, 0.25) is 5.02 Å². The molecule has 0 aliphatic carbocycles. The molecule has 0 unspecified atom stereocenters. The van der Waals surface area contributed by atoms with E-state index in [0.29, 0.717) is 40.8 Å². The molecule has 6 nitrogen and oxygen atoms in total. The number of piperazine rings is 1. The van der Waals surface area contributed by atoms with Gasteiger partial charge in [-0.25, -0.2) is 13.6 Å². The molecule has 184 valence electrons. The number of anilines is 1. The summed E-state index contributed by atoms with van der Waals surface area (Å²) in [5.41, 5.74) is 2.34. The standard InChI is InChI=1S/C25H24ClF2N3O3S/c1-34-25(33)23-20(16-2-5-18(27)6-3-16)15-35-24(23)29-22(32)14-31-10-8-30(9-11-31)13-17-4-7-19(28)12-21(17)26/h2-7,12,15H,8-11,13-14H2,1H3,(H,29,32). The Balaban J connectivity index is 1.36. The van der Waals surface area contributed by atoms with E-state index in [1.807, 2.05) is 4.90 Å². The van der Waals surface area contributed by atoms with Gasteiger partial charge in [0, 0.05) is 48.7 Å². The van der Waals surface area contributed by atoms with Gasteiger partial charge in [0.25, 0.3) is 0 Å². The number of esters is 1. The van der Waals surface area contributed by atoms with Crippen molar-refractivity contribution < 1.29 is 23.1 Å². The van der Waals surface area contributed by atoms with E-state index in [4.69, 9.17) is 16.3 Å². The summed E-state index contributed by atoms with van der Waals surface area (Å²) in [5, 5.41) is 5.38. The number of carbonyl (C=O) groups excluding carboxylic acids is 2. The van der Waals surface area contributed by atoms with Gasteiger partial charge in [-0.05, 0) is 35.4 Å². The molecule has 0 spiro atoms. The van der Waals surface area contributed by atoms with Crippen molar-refractivity contribution in [1.29, 1.82) is 0 Å². The number of rotatable bonds is 7. The molecule has 1 saturated heterocycles. The number of amides is 1. The Hall–Kier alpha value is -2.85. The SMILES string of the molecule is COC(=O)c1c(-c2ccc(F)cc2)csc1NC(=O)CN1CCN(Cc2ccc(F)cc2Cl)CC1. The van der Waals surface area contributed by atoms with Gasteiger partial charge < -0.3 is 10.1 Å². The lowest BCUT2D eigenvalue weighted by Gasteiger charge is -2.34. The summed E-state index contributed by atoms with van der Waals surface area (Å²) >= 11 is 7.36. The molecule has 1 aliphatic heterocycles. The van der Waals surface area contributed by atoms with Gasteiger partial charge in [0.1, 0.15) is 22.2 Å². The van der Waals surface area contributed by atoms with Crippen molar-refractivity contribution in [3.8, 4) is 11.1 Å². The zero-order chi connectivity index (χ0) is 24.9. The van der Waals surface area contributed by atoms with Crippen LogP contribution < -0.4 is 5.32 Å². The number of methoxy groups -OCH3 is 1. The number of nitrogens with zero attached hydrogens (tertiary/aromatic N) is 2. The maximum atomic E-state index is 13.3. The fourth-order valence-electron chi connectivity index (χ4n) is 3.96. The normalized spacial score (nSPS) is 14.6. The van der Waals surface area contributed by atoms with Crippen LogP contribution in [0.5, 0.6) is 0 Å². The molecule has 0 saturated carbocycles. The van der Waals surface area contributed by atoms with Gasteiger partial charge >= 0.3 is 5.97 Å². The van der Waals surface area contributed by atoms with Crippen molar-refractivity contribution >= 4 is 39.8 Å². The first-order chi connectivity index (χ1) is 16.8. The van der Waals surface area contributed by atoms with E-state index in [0.717, 1.165) is 18.7 Å². The third kappa shape index (κ3) is 6.24. The Labute approximate surface area is 211 Å². The summed E-state index contributed by atoms with van der Waals surface area (Å²) in [5.74, 6) is -1.55. The van der Waals surface area contributed by atoms with Crippen LogP contribution in [0.1, 0.15) is 15.9 Å². The van der Waals surface area contributed by atoms with Crippen LogP contribution in [-0.2, 0) is 16.1 Å². The van der Waals surface area contributed by atoms with Gasteiger partial charge in [-0.2, -0.15) is 0 Å². The van der Waals surface area contributed by atoms with E-state index in [1.165, 1.54) is 42.7 Å². The maximum absolute atomic E-state index is 13.3. The molecule has 2 heterocycles. The smallest absolute Gasteiger partial charge is 0.341 e. The molecule has 35 heavy (non-hydrogen) atoms. The fourth-order valence-corrected chi connectivity index (χ4v) is 5.16. The lowest BCUT2D eigenvalue weighted by atomic mass is 10.0. The van der Waals surface area contributed by atoms with Crippen LogP contribution in [0.15, 0.2) is 47.8 Å². The Morgan fingerprint density at radius 1 is 1.03 bits per heavy atom. The van der Waals surface area contributed by atoms with E-state index in [1.54, 1.807) is 23.6 Å². The third-order valence-corrected chi connectivity index (χ3v) is 7.08. The molecule has 0 bridgehead atoms. The molecule has 3 aromatic rings. The van der Waals surface area contributed by atoms with Crippen LogP contribution in [-0.4, -0.2) is 61.5 Å². The number of halogens is 3. The number of hydrogen-bond donors (Lipinski definition) is 1. The Morgan fingerprint density at radius 2 is 1.69 bits per heavy atom. The van der Waals surface area contributed by atoms with Crippen molar-refractivity contribution in [2.24, 2.45) is 0 Å². The first-order valence-corrected chi connectivity index (χ1v) is 12.2. The van der Waals surface area contributed by atoms with Crippen molar-refractivity contribution in [1.82, 2.24) is 9.80 Å². The summed E-state index contributed by atoms with van der Waals surface area (Å²) < 4.78 is 31.5. The van der Waals surface area contributed by atoms with Crippen molar-refractivity contribution in [2.45, 2.75) is 6.54 Å². The van der Waals surface area contributed by atoms with Gasteiger partial charge in [0.15, 0.2) is 0 Å². The summed E-state index contributed by atoms with van der Waals surface area (Å²) in [6.45, 7) is 3.63. The minimum Gasteiger partial charge on any atom is -0.465 e. The number of hydrogen-bond acceptors (Lipinski definition) is 6. The second kappa shape index (κ2) is 11.3. The van der Waals surface area contributed by atoms with Gasteiger partial charge in [-0.15, -0.1) is 11.3 Å². The highest BCUT2D eigenvalue weighted by Gasteiger charge is 2.24. The summed E-state index contributed by atoms with van der Waals surface area (Å²) in [7, 11) is 1.28. The number of nitrogens with one attached hydrogen (secondary N) is 1. The predicted octanol–water partition coefficient (Wildman–Crippen LogP) is 4.89. The number of carbonyl (C=O) groups is 2. The van der Waals surface area contributed by atoms with Crippen LogP contribution in [0.4, 0.5) is 13.8 Å². The summed E-state index contributed by atoms with van der Waals surface area (Å²) in [4.78, 5) is 29.5. The molecule has 0 atom stereocenters. The number of ether oxygens (including phenoxy) is 1. The molecular formula is C25H24ClF2N3O3S. The van der Waals surface area contributed by atoms with Crippen LogP contribution in [0.25, 0.3) is 11.1 Å². The number of thiophene rings is 1. The minimum atomic E-state index is -0.575. The maximum Gasteiger partial charge on any atom is 0.341 e. The second-order valence-corrected chi connectivity index (χ2v) is 9.48. The van der Waals surface area contributed by atoms with Gasteiger partial charge in [0.2, 0.25) is 5.91 Å². The molecule has 1 amide bonds. The monoisotopic (exact) mass is 519 g/mol. The highest BCUT2D eigenvalue weighted by Crippen LogP contribution is 2.36. The van der Waals surface area contributed by atoms with Crippen LogP contribution >= 0.6 is 22.9 Å². The molecular weight excluding hydrogens is 496 g/mol. The van der Waals surface area contributed by atoms with E-state index in [-0.39, 0.29) is 29.6 Å². The average Bonchev–Trinajstić information content (AvgIpc) is 3.25. The second-order valence-electron chi connectivity index (χ2n) is 8.19. The largest absolute Gasteiger partial charge is 0.465 e. The Bertz CT molecular complexity index is 1210. The van der Waals surface area contributed by atoms with Gasteiger partial charge in [-0.1, -0.05) is 29.8 Å². The fraction of sp³-hybridized carbons (Fsp3) is 0.280. The molecule has 2 aromatic carbocycles. The van der Waals surface area contributed by atoms with Crippen molar-refractivity contribution in [3.05, 3.63) is 75.6 Å². The molecule has 0 radical (unpaired) electrons. The molecule has 1 aromatic heterocycles. The molecule has 1 N–H and O–H groups in total. The minimum absolute atomic E-state index is 0.176. The quantitative estimate of drug-likeness (QED) is 0.450. The van der Waals surface area contributed by atoms with E-state index in [2.05, 4.69) is 10.2 Å². The third-order valence-electron chi connectivity index (χ3n) is 5.83. The molecule has 10 heteroatoms. The zero-order valence-corrected chi connectivity index (χ0v) is 20.6. The highest BCUT2D eigenvalue weighted by atomic mass is 35.5. The number of benzene rings is 2. The van der Waals surface area contributed by atoms with Crippen molar-refractivity contribution in [2.75, 3.05) is 45.2 Å².